The predicted octanol–water partition coefficient (Wildman–Crippen LogP) is 11.1. The summed E-state index contributed by atoms with van der Waals surface area (Å²) < 4.78 is 13.0. The van der Waals surface area contributed by atoms with Crippen LogP contribution >= 0.6 is 0 Å². The Labute approximate surface area is 295 Å². The molecule has 242 valence electrons. The average Bonchev–Trinajstić information content (AvgIpc) is 3.72. The first kappa shape index (κ1) is 28.4. The first-order chi connectivity index (χ1) is 25.3. The predicted molar refractivity (Wildman–Crippen MR) is 205 cm³/mol. The third-order valence-corrected chi connectivity index (χ3v) is 11.0. The number of para-hydroxylation sites is 2. The zero-order valence-corrected chi connectivity index (χ0v) is 27.8. The summed E-state index contributed by atoms with van der Waals surface area (Å²) in [6, 6.07) is 47.6. The second kappa shape index (κ2) is 10.8. The normalized spacial score (nSPS) is 17.8. The SMILES string of the molecule is C1=CC(C2N=C(c3ccc4c(c3)C3(c5ccccc5O4)c4ccccc4-c4ccccc43)C=C(c3ccc4c(c3)oc3ccccc34)N2)=CCC1. The van der Waals surface area contributed by atoms with Crippen LogP contribution in [-0.2, 0) is 5.41 Å². The lowest BCUT2D eigenvalue weighted by molar-refractivity contribution is 0.436. The van der Waals surface area contributed by atoms with Gasteiger partial charge < -0.3 is 14.5 Å². The minimum absolute atomic E-state index is 0.224. The Hall–Kier alpha value is -6.39. The minimum Gasteiger partial charge on any atom is -0.457 e. The smallest absolute Gasteiger partial charge is 0.145 e. The molecule has 0 radical (unpaired) electrons. The molecule has 0 saturated carbocycles. The highest BCUT2D eigenvalue weighted by Gasteiger charge is 2.51. The molecule has 51 heavy (non-hydrogen) atoms. The second-order valence-electron chi connectivity index (χ2n) is 13.8. The van der Waals surface area contributed by atoms with E-state index in [-0.39, 0.29) is 6.17 Å². The Morgan fingerprint density at radius 2 is 1.31 bits per heavy atom. The zero-order chi connectivity index (χ0) is 33.5. The zero-order valence-electron chi connectivity index (χ0n) is 27.8. The van der Waals surface area contributed by atoms with Gasteiger partial charge in [0, 0.05) is 38.7 Å². The molecule has 4 heteroatoms. The fraction of sp³-hybridized carbons (Fsp3) is 0.0851. The van der Waals surface area contributed by atoms with E-state index >= 15 is 0 Å². The number of fused-ring (bicyclic) bond motifs is 12. The molecule has 0 bridgehead atoms. The summed E-state index contributed by atoms with van der Waals surface area (Å²) in [6.45, 7) is 0. The van der Waals surface area contributed by atoms with Crippen molar-refractivity contribution < 1.29 is 9.15 Å². The van der Waals surface area contributed by atoms with Crippen molar-refractivity contribution in [1.29, 1.82) is 0 Å². The number of nitrogens with one attached hydrogen (secondary N) is 1. The van der Waals surface area contributed by atoms with Gasteiger partial charge in [-0.1, -0.05) is 109 Å². The standard InChI is InChI=1S/C47H32N2O2/c1-2-12-29(13-3-1)46-48-40(28-41(49-46)31-22-24-35-34-16-6-10-20-42(34)50-45(35)27-31)30-23-25-44-39(26-30)47(38-19-9-11-21-43(38)51-44)36-17-7-4-14-32(36)33-15-5-8-18-37(33)47/h2,4-28,46,49H,1,3H2. The molecule has 2 aliphatic heterocycles. The van der Waals surface area contributed by atoms with Crippen LogP contribution in [0.3, 0.4) is 0 Å². The van der Waals surface area contributed by atoms with Gasteiger partial charge in [0.2, 0.25) is 0 Å². The van der Waals surface area contributed by atoms with Gasteiger partial charge in [-0.05, 0) is 89.2 Å². The molecule has 11 rings (SSSR count). The molecule has 0 fully saturated rings. The van der Waals surface area contributed by atoms with E-state index in [0.29, 0.717) is 0 Å². The highest BCUT2D eigenvalue weighted by Crippen LogP contribution is 2.62. The van der Waals surface area contributed by atoms with Crippen LogP contribution in [0.2, 0.25) is 0 Å². The van der Waals surface area contributed by atoms with Crippen molar-refractivity contribution in [3.05, 3.63) is 197 Å². The van der Waals surface area contributed by atoms with Gasteiger partial charge in [-0.15, -0.1) is 0 Å². The summed E-state index contributed by atoms with van der Waals surface area (Å²) in [6.07, 6.45) is 10.8. The first-order valence-corrected chi connectivity index (χ1v) is 17.7. The summed E-state index contributed by atoms with van der Waals surface area (Å²) in [7, 11) is 0. The van der Waals surface area contributed by atoms with Crippen LogP contribution in [0.4, 0.5) is 0 Å². The van der Waals surface area contributed by atoms with Gasteiger partial charge in [-0.25, -0.2) is 0 Å². The minimum atomic E-state index is -0.534. The molecule has 2 aliphatic carbocycles. The van der Waals surface area contributed by atoms with Crippen molar-refractivity contribution in [3.8, 4) is 22.6 Å². The number of ether oxygens (including phenoxy) is 1. The first-order valence-electron chi connectivity index (χ1n) is 17.7. The number of rotatable bonds is 3. The number of benzene rings is 6. The third-order valence-electron chi connectivity index (χ3n) is 11.0. The molecule has 1 unspecified atom stereocenters. The van der Waals surface area contributed by atoms with E-state index in [1.807, 2.05) is 12.1 Å². The van der Waals surface area contributed by atoms with E-state index in [1.165, 1.54) is 27.8 Å². The summed E-state index contributed by atoms with van der Waals surface area (Å²) >= 11 is 0. The molecule has 1 spiro atoms. The van der Waals surface area contributed by atoms with Crippen molar-refractivity contribution in [2.45, 2.75) is 24.4 Å². The van der Waals surface area contributed by atoms with E-state index in [0.717, 1.165) is 79.9 Å². The average molecular weight is 657 g/mol. The van der Waals surface area contributed by atoms with Crippen LogP contribution < -0.4 is 10.1 Å². The van der Waals surface area contributed by atoms with Crippen molar-refractivity contribution in [1.82, 2.24) is 5.32 Å². The fourth-order valence-corrected chi connectivity index (χ4v) is 8.76. The molecule has 4 aliphatic rings. The van der Waals surface area contributed by atoms with Crippen molar-refractivity contribution >= 4 is 33.3 Å². The van der Waals surface area contributed by atoms with Gasteiger partial charge in [-0.3, -0.25) is 4.99 Å². The number of hydrogen-bond acceptors (Lipinski definition) is 4. The Kier molecular flexibility index (Phi) is 6.03. The van der Waals surface area contributed by atoms with Crippen LogP contribution in [0.25, 0.3) is 38.8 Å². The molecule has 1 atom stereocenters. The lowest BCUT2D eigenvalue weighted by atomic mass is 9.66. The molecule has 0 saturated heterocycles. The van der Waals surface area contributed by atoms with E-state index < -0.39 is 5.41 Å². The van der Waals surface area contributed by atoms with Gasteiger partial charge in [0.15, 0.2) is 0 Å². The van der Waals surface area contributed by atoms with Crippen molar-refractivity contribution in [3.63, 3.8) is 0 Å². The number of aliphatic imine (C=N–C) groups is 1. The van der Waals surface area contributed by atoms with Crippen LogP contribution in [0.15, 0.2) is 173 Å². The maximum absolute atomic E-state index is 6.71. The molecule has 6 aromatic carbocycles. The highest BCUT2D eigenvalue weighted by atomic mass is 16.5. The summed E-state index contributed by atoms with van der Waals surface area (Å²) in [5.74, 6) is 1.76. The van der Waals surface area contributed by atoms with Gasteiger partial charge >= 0.3 is 0 Å². The third kappa shape index (κ3) is 4.11. The summed E-state index contributed by atoms with van der Waals surface area (Å²) in [4.78, 5) is 5.39. The van der Waals surface area contributed by atoms with E-state index in [4.69, 9.17) is 14.1 Å². The van der Waals surface area contributed by atoms with Crippen LogP contribution in [0.5, 0.6) is 11.5 Å². The summed E-state index contributed by atoms with van der Waals surface area (Å²) in [5.41, 5.74) is 13.8. The summed E-state index contributed by atoms with van der Waals surface area (Å²) in [5, 5.41) is 6.02. The topological polar surface area (TPSA) is 46.8 Å². The van der Waals surface area contributed by atoms with Gasteiger partial charge in [0.25, 0.3) is 0 Å². The Morgan fingerprint density at radius 1 is 0.608 bits per heavy atom. The number of hydrogen-bond donors (Lipinski definition) is 1. The van der Waals surface area contributed by atoms with Crippen molar-refractivity contribution in [2.24, 2.45) is 4.99 Å². The largest absolute Gasteiger partial charge is 0.457 e. The molecular formula is C47H32N2O2. The molecule has 3 heterocycles. The van der Waals surface area contributed by atoms with Crippen LogP contribution in [-0.4, -0.2) is 11.9 Å². The van der Waals surface area contributed by atoms with Crippen LogP contribution in [0.1, 0.15) is 46.2 Å². The molecular weight excluding hydrogens is 625 g/mol. The number of allylic oxidation sites excluding steroid dienone is 3. The van der Waals surface area contributed by atoms with Crippen molar-refractivity contribution in [2.75, 3.05) is 0 Å². The lowest BCUT2D eigenvalue weighted by Gasteiger charge is -2.39. The maximum atomic E-state index is 6.71. The van der Waals surface area contributed by atoms with Gasteiger partial charge in [0.1, 0.15) is 28.8 Å². The van der Waals surface area contributed by atoms with E-state index in [1.54, 1.807) is 0 Å². The molecule has 7 aromatic rings. The van der Waals surface area contributed by atoms with E-state index in [2.05, 4.69) is 151 Å². The highest BCUT2D eigenvalue weighted by molar-refractivity contribution is 6.14. The second-order valence-corrected chi connectivity index (χ2v) is 13.8. The van der Waals surface area contributed by atoms with E-state index in [9.17, 15) is 0 Å². The number of furan rings is 1. The molecule has 0 amide bonds. The Balaban J connectivity index is 1.12. The number of nitrogens with zero attached hydrogens (tertiary/aromatic N) is 1. The maximum Gasteiger partial charge on any atom is 0.145 e. The van der Waals surface area contributed by atoms with Crippen LogP contribution in [0, 0.1) is 0 Å². The molecule has 4 nitrogen and oxygen atoms in total. The molecule has 1 aromatic heterocycles. The quantitative estimate of drug-likeness (QED) is 0.206. The van der Waals surface area contributed by atoms with Gasteiger partial charge in [0.05, 0.1) is 11.1 Å². The monoisotopic (exact) mass is 656 g/mol. The Morgan fingerprint density at radius 3 is 2.14 bits per heavy atom. The van der Waals surface area contributed by atoms with Gasteiger partial charge in [-0.2, -0.15) is 0 Å². The Bertz CT molecular complexity index is 2680. The fourth-order valence-electron chi connectivity index (χ4n) is 8.76. The lowest BCUT2D eigenvalue weighted by Crippen LogP contribution is -2.34. The molecule has 1 N–H and O–H groups in total.